The summed E-state index contributed by atoms with van der Waals surface area (Å²) in [7, 11) is 0. The SMILES string of the molecule is C=C1c2ccccc2-c2nc3c(n2C1c1ccc2cc(-c4ccc5cc(C6Nc7ccccc7N6c6ccccc6)ccc5c4)ccc2c1)C=CC=CC3.CC.I. The Morgan fingerprint density at radius 2 is 1.25 bits per heavy atom. The van der Waals surface area contributed by atoms with Crippen molar-refractivity contribution in [1.82, 2.24) is 9.55 Å². The first kappa shape index (κ1) is 36.5. The maximum absolute atomic E-state index is 5.20. The lowest BCUT2D eigenvalue weighted by atomic mass is 9.86. The Morgan fingerprint density at radius 3 is 2.00 bits per heavy atom. The van der Waals surface area contributed by atoms with E-state index < -0.39 is 0 Å². The molecule has 4 nitrogen and oxygen atoms in total. The number of anilines is 3. The zero-order valence-electron chi connectivity index (χ0n) is 32.1. The molecule has 11 rings (SSSR count). The van der Waals surface area contributed by atoms with E-state index in [2.05, 4.69) is 197 Å². The van der Waals surface area contributed by atoms with Crippen molar-refractivity contribution in [3.8, 4) is 22.5 Å². The number of aromatic nitrogens is 2. The van der Waals surface area contributed by atoms with Gasteiger partial charge in [0.2, 0.25) is 0 Å². The number of benzene rings is 7. The topological polar surface area (TPSA) is 33.1 Å². The molecule has 5 heteroatoms. The monoisotopic (exact) mass is 850 g/mol. The first-order chi connectivity index (χ1) is 27.7. The van der Waals surface area contributed by atoms with Gasteiger partial charge in [-0.3, -0.25) is 0 Å². The predicted molar refractivity (Wildman–Crippen MR) is 252 cm³/mol. The van der Waals surface area contributed by atoms with Crippen molar-refractivity contribution in [2.24, 2.45) is 0 Å². The standard InChI is InChI=1S/C50H36N4.C2H6.HI/c1-32-42-14-8-9-15-43(42)50-52-45-16-6-3-7-18-47(45)54(50)48(32)39-26-24-35-28-33(20-22-37(35)30-39)34-21-23-38-31-40(27-25-36(38)29-34)49-51-44-17-10-11-19-46(44)53(49)41-12-4-2-5-13-41;1-2;/h2-15,17-31,48-49,51H,1,16H2;1-2H3;1H. The van der Waals surface area contributed by atoms with Crippen LogP contribution in [-0.2, 0) is 6.42 Å². The number of allylic oxidation sites excluding steroid dienone is 4. The molecule has 8 aromatic rings. The van der Waals surface area contributed by atoms with Crippen LogP contribution in [0.5, 0.6) is 0 Å². The minimum Gasteiger partial charge on any atom is -0.359 e. The van der Waals surface area contributed by atoms with Crippen molar-refractivity contribution in [1.29, 1.82) is 0 Å². The molecule has 0 fully saturated rings. The molecular formula is C52H43IN4. The summed E-state index contributed by atoms with van der Waals surface area (Å²) in [6, 6.07) is 55.1. The van der Waals surface area contributed by atoms with Crippen LogP contribution in [0.2, 0.25) is 0 Å². The zero-order chi connectivity index (χ0) is 37.8. The molecule has 1 aromatic heterocycles. The lowest BCUT2D eigenvalue weighted by molar-refractivity contribution is 0.707. The maximum atomic E-state index is 5.20. The summed E-state index contributed by atoms with van der Waals surface area (Å²) in [6.45, 7) is 8.68. The van der Waals surface area contributed by atoms with Crippen LogP contribution in [0.3, 0.4) is 0 Å². The van der Waals surface area contributed by atoms with Gasteiger partial charge in [-0.25, -0.2) is 4.98 Å². The first-order valence-corrected chi connectivity index (χ1v) is 19.7. The van der Waals surface area contributed by atoms with E-state index in [0.29, 0.717) is 0 Å². The fourth-order valence-electron chi connectivity index (χ4n) is 8.78. The van der Waals surface area contributed by atoms with Crippen molar-refractivity contribution in [3.05, 3.63) is 205 Å². The van der Waals surface area contributed by atoms with Crippen molar-refractivity contribution >= 4 is 74.2 Å². The quantitative estimate of drug-likeness (QED) is 0.179. The smallest absolute Gasteiger partial charge is 0.142 e. The second kappa shape index (κ2) is 15.1. The average molecular weight is 851 g/mol. The van der Waals surface area contributed by atoms with Crippen LogP contribution in [0.25, 0.3) is 55.7 Å². The molecule has 0 amide bonds. The number of halogens is 1. The summed E-state index contributed by atoms with van der Waals surface area (Å²) >= 11 is 0. The van der Waals surface area contributed by atoms with Gasteiger partial charge in [-0.1, -0.05) is 142 Å². The zero-order valence-corrected chi connectivity index (χ0v) is 34.4. The Hall–Kier alpha value is -6.18. The van der Waals surface area contributed by atoms with E-state index in [1.807, 2.05) is 13.8 Å². The molecule has 3 aliphatic rings. The van der Waals surface area contributed by atoms with E-state index in [0.717, 1.165) is 40.5 Å². The van der Waals surface area contributed by atoms with E-state index in [9.17, 15) is 0 Å². The van der Waals surface area contributed by atoms with Crippen LogP contribution in [0.1, 0.15) is 54.1 Å². The average Bonchev–Trinajstić information content (AvgIpc) is 3.74. The Bertz CT molecular complexity index is 2880. The second-order valence-corrected chi connectivity index (χ2v) is 14.5. The molecule has 278 valence electrons. The van der Waals surface area contributed by atoms with Gasteiger partial charge in [0, 0.05) is 17.7 Å². The molecule has 0 saturated carbocycles. The third kappa shape index (κ3) is 6.18. The highest BCUT2D eigenvalue weighted by molar-refractivity contribution is 14.0. The van der Waals surface area contributed by atoms with Crippen molar-refractivity contribution in [3.63, 3.8) is 0 Å². The van der Waals surface area contributed by atoms with Crippen molar-refractivity contribution < 1.29 is 0 Å². The van der Waals surface area contributed by atoms with Crippen LogP contribution in [0, 0.1) is 0 Å². The maximum Gasteiger partial charge on any atom is 0.142 e. The highest BCUT2D eigenvalue weighted by atomic mass is 127. The number of hydrogen-bond acceptors (Lipinski definition) is 3. The molecular weight excluding hydrogens is 808 g/mol. The van der Waals surface area contributed by atoms with Crippen LogP contribution >= 0.6 is 24.0 Å². The van der Waals surface area contributed by atoms with Crippen LogP contribution < -0.4 is 10.2 Å². The van der Waals surface area contributed by atoms with Gasteiger partial charge in [-0.2, -0.15) is 0 Å². The normalized spacial score (nSPS) is 16.0. The van der Waals surface area contributed by atoms with Gasteiger partial charge in [0.15, 0.2) is 0 Å². The Kier molecular flexibility index (Phi) is 9.63. The number of hydrogen-bond donors (Lipinski definition) is 1. The molecule has 2 unspecified atom stereocenters. The highest BCUT2D eigenvalue weighted by Crippen LogP contribution is 2.48. The van der Waals surface area contributed by atoms with E-state index in [-0.39, 0.29) is 36.2 Å². The molecule has 0 radical (unpaired) electrons. The molecule has 0 bridgehead atoms. The van der Waals surface area contributed by atoms with Crippen LogP contribution in [-0.4, -0.2) is 9.55 Å². The summed E-state index contributed by atoms with van der Waals surface area (Å²) < 4.78 is 2.40. The molecule has 7 aromatic carbocycles. The Balaban J connectivity index is 0.00000139. The number of nitrogens with one attached hydrogen (secondary N) is 1. The summed E-state index contributed by atoms with van der Waals surface area (Å²) in [4.78, 5) is 7.59. The fraction of sp³-hybridized carbons (Fsp3) is 0.0962. The van der Waals surface area contributed by atoms with Crippen molar-refractivity contribution in [2.75, 3.05) is 10.2 Å². The van der Waals surface area contributed by atoms with Crippen molar-refractivity contribution in [2.45, 2.75) is 32.5 Å². The highest BCUT2D eigenvalue weighted by Gasteiger charge is 2.33. The van der Waals surface area contributed by atoms with Gasteiger partial charge in [0.25, 0.3) is 0 Å². The molecule has 2 aliphatic heterocycles. The second-order valence-electron chi connectivity index (χ2n) is 14.5. The van der Waals surface area contributed by atoms with Gasteiger partial charge >= 0.3 is 0 Å². The molecule has 57 heavy (non-hydrogen) atoms. The summed E-state index contributed by atoms with van der Waals surface area (Å²) in [5.74, 6) is 1.02. The minimum absolute atomic E-state index is 0. The Labute approximate surface area is 351 Å². The summed E-state index contributed by atoms with van der Waals surface area (Å²) in [6.07, 6.45) is 9.45. The van der Waals surface area contributed by atoms with Gasteiger partial charge in [0.05, 0.1) is 28.8 Å². The number of fused-ring (bicyclic) bond motifs is 8. The van der Waals surface area contributed by atoms with E-state index >= 15 is 0 Å². The largest absolute Gasteiger partial charge is 0.359 e. The third-order valence-corrected chi connectivity index (χ3v) is 11.4. The van der Waals surface area contributed by atoms with E-state index in [1.54, 1.807) is 0 Å². The minimum atomic E-state index is -0.0447. The van der Waals surface area contributed by atoms with Crippen LogP contribution in [0.4, 0.5) is 17.1 Å². The number of para-hydroxylation sites is 3. The molecule has 1 N–H and O–H groups in total. The first-order valence-electron chi connectivity index (χ1n) is 19.7. The van der Waals surface area contributed by atoms with E-state index in [4.69, 9.17) is 4.98 Å². The van der Waals surface area contributed by atoms with Gasteiger partial charge in [-0.05, 0) is 110 Å². The molecule has 0 saturated heterocycles. The van der Waals surface area contributed by atoms with E-state index in [1.165, 1.54) is 60.7 Å². The predicted octanol–water partition coefficient (Wildman–Crippen LogP) is 14.2. The van der Waals surface area contributed by atoms with Gasteiger partial charge < -0.3 is 14.8 Å². The molecule has 1 aliphatic carbocycles. The molecule has 0 spiro atoms. The lowest BCUT2D eigenvalue weighted by Crippen LogP contribution is -2.23. The number of nitrogens with zero attached hydrogens (tertiary/aromatic N) is 3. The summed E-state index contributed by atoms with van der Waals surface area (Å²) in [5.41, 5.74) is 14.1. The Morgan fingerprint density at radius 1 is 0.632 bits per heavy atom. The fourth-order valence-corrected chi connectivity index (χ4v) is 8.78. The molecule has 2 atom stereocenters. The van der Waals surface area contributed by atoms with Crippen LogP contribution in [0.15, 0.2) is 176 Å². The van der Waals surface area contributed by atoms with Gasteiger partial charge in [-0.15, -0.1) is 24.0 Å². The molecule has 3 heterocycles. The number of rotatable bonds is 4. The van der Waals surface area contributed by atoms with Gasteiger partial charge in [0.1, 0.15) is 12.0 Å². The number of imidazole rings is 1. The summed E-state index contributed by atoms with van der Waals surface area (Å²) in [5, 5.41) is 8.66. The third-order valence-electron chi connectivity index (χ3n) is 11.4. The lowest BCUT2D eigenvalue weighted by Gasteiger charge is -2.31.